The van der Waals surface area contributed by atoms with Crippen LogP contribution in [0.4, 0.5) is 4.39 Å². The predicted octanol–water partition coefficient (Wildman–Crippen LogP) is 3.50. The van der Waals surface area contributed by atoms with Crippen LogP contribution in [0.1, 0.15) is 67.8 Å². The number of hydrazine groups is 1. The number of ether oxygens (including phenoxy) is 1. The number of carbonyl (C=O) groups is 1. The molecule has 7 nitrogen and oxygen atoms in total. The number of hydrogen-bond acceptors (Lipinski definition) is 6. The Balaban J connectivity index is 1.22. The van der Waals surface area contributed by atoms with Gasteiger partial charge in [0.15, 0.2) is 0 Å². The molecule has 2 aliphatic carbocycles. The second-order valence-corrected chi connectivity index (χ2v) is 10.9. The highest BCUT2D eigenvalue weighted by Gasteiger charge is 2.43. The van der Waals surface area contributed by atoms with Gasteiger partial charge in [0.1, 0.15) is 11.6 Å². The highest BCUT2D eigenvalue weighted by atomic mass is 19.1. The van der Waals surface area contributed by atoms with E-state index < -0.39 is 5.60 Å². The number of nitrogens with one attached hydrogen (secondary N) is 3. The molecule has 1 saturated heterocycles. The molecule has 2 heterocycles. The molecule has 2 saturated carbocycles. The van der Waals surface area contributed by atoms with Gasteiger partial charge in [0.05, 0.1) is 18.8 Å². The maximum Gasteiger partial charge on any atom is 0.223 e. The molecule has 1 aromatic carbocycles. The van der Waals surface area contributed by atoms with Gasteiger partial charge in [-0.05, 0) is 87.6 Å². The molecule has 6 atom stereocenters. The fourth-order valence-electron chi connectivity index (χ4n) is 6.56. The van der Waals surface area contributed by atoms with E-state index >= 15 is 0 Å². The van der Waals surface area contributed by atoms with Crippen molar-refractivity contribution in [1.29, 1.82) is 0 Å². The van der Waals surface area contributed by atoms with Crippen molar-refractivity contribution in [2.45, 2.75) is 82.0 Å². The summed E-state index contributed by atoms with van der Waals surface area (Å²) in [7, 11) is 1.51. The number of pyridine rings is 1. The van der Waals surface area contributed by atoms with Crippen LogP contribution >= 0.6 is 0 Å². The quantitative estimate of drug-likeness (QED) is 0.489. The lowest BCUT2D eigenvalue weighted by molar-refractivity contribution is -0.128. The van der Waals surface area contributed by atoms with Gasteiger partial charge in [0.25, 0.3) is 0 Å². The van der Waals surface area contributed by atoms with Gasteiger partial charge in [-0.1, -0.05) is 6.07 Å². The number of benzene rings is 1. The molecular weight excluding hydrogens is 459 g/mol. The van der Waals surface area contributed by atoms with Crippen molar-refractivity contribution in [3.63, 3.8) is 0 Å². The highest BCUT2D eigenvalue weighted by Crippen LogP contribution is 2.41. The normalized spacial score (nSPS) is 32.1. The van der Waals surface area contributed by atoms with Crippen LogP contribution in [0, 0.1) is 24.6 Å². The molecule has 4 N–H and O–H groups in total. The Morgan fingerprint density at radius 2 is 2.14 bits per heavy atom. The maximum atomic E-state index is 14.5. The Labute approximate surface area is 212 Å². The lowest BCUT2D eigenvalue weighted by Gasteiger charge is -2.39. The maximum absolute atomic E-state index is 14.5. The van der Waals surface area contributed by atoms with Gasteiger partial charge in [-0.2, -0.15) is 0 Å². The van der Waals surface area contributed by atoms with Crippen molar-refractivity contribution >= 4 is 5.91 Å². The lowest BCUT2D eigenvalue weighted by Crippen LogP contribution is -2.49. The minimum atomic E-state index is -1.08. The van der Waals surface area contributed by atoms with Crippen molar-refractivity contribution in [3.05, 3.63) is 59.2 Å². The first-order valence-corrected chi connectivity index (χ1v) is 13.1. The minimum absolute atomic E-state index is 0.0555. The number of aromatic nitrogens is 1. The summed E-state index contributed by atoms with van der Waals surface area (Å²) in [6.45, 7) is 1.99. The molecule has 0 spiro atoms. The first kappa shape index (κ1) is 25.1. The number of methoxy groups -OCH3 is 1. The molecule has 0 bridgehead atoms. The Morgan fingerprint density at radius 3 is 2.94 bits per heavy atom. The fourth-order valence-corrected chi connectivity index (χ4v) is 6.56. The summed E-state index contributed by atoms with van der Waals surface area (Å²) in [4.78, 5) is 17.7. The summed E-state index contributed by atoms with van der Waals surface area (Å²) < 4.78 is 19.9. The second kappa shape index (κ2) is 10.4. The molecule has 0 radical (unpaired) electrons. The van der Waals surface area contributed by atoms with Crippen molar-refractivity contribution < 1.29 is 19.0 Å². The zero-order valence-electron chi connectivity index (χ0n) is 21.1. The molecule has 1 aromatic heterocycles. The van der Waals surface area contributed by atoms with E-state index in [-0.39, 0.29) is 36.1 Å². The third-order valence-corrected chi connectivity index (χ3v) is 8.37. The smallest absolute Gasteiger partial charge is 0.223 e. The van der Waals surface area contributed by atoms with E-state index in [2.05, 4.69) is 27.2 Å². The number of hydrogen-bond donors (Lipinski definition) is 4. The Bertz CT molecular complexity index is 1100. The molecule has 194 valence electrons. The van der Waals surface area contributed by atoms with Crippen molar-refractivity contribution in [2.24, 2.45) is 11.8 Å². The molecule has 3 fully saturated rings. The van der Waals surface area contributed by atoms with Gasteiger partial charge in [0.2, 0.25) is 5.91 Å². The van der Waals surface area contributed by atoms with E-state index in [1.54, 1.807) is 12.1 Å². The number of aliphatic hydroxyl groups is 1. The van der Waals surface area contributed by atoms with Crippen LogP contribution in [0.25, 0.3) is 0 Å². The van der Waals surface area contributed by atoms with E-state index in [0.29, 0.717) is 36.1 Å². The van der Waals surface area contributed by atoms with E-state index in [1.807, 2.05) is 19.2 Å². The van der Waals surface area contributed by atoms with Gasteiger partial charge in [-0.3, -0.25) is 15.2 Å². The summed E-state index contributed by atoms with van der Waals surface area (Å²) >= 11 is 0. The van der Waals surface area contributed by atoms with Crippen LogP contribution < -0.4 is 20.9 Å². The molecule has 8 heteroatoms. The number of fused-ring (bicyclic) bond motifs is 1. The molecule has 3 aliphatic rings. The van der Waals surface area contributed by atoms with Crippen LogP contribution in [0.15, 0.2) is 36.5 Å². The predicted molar refractivity (Wildman–Crippen MR) is 135 cm³/mol. The van der Waals surface area contributed by atoms with Crippen molar-refractivity contribution in [3.8, 4) is 5.75 Å². The van der Waals surface area contributed by atoms with Gasteiger partial charge >= 0.3 is 0 Å². The second-order valence-electron chi connectivity index (χ2n) is 10.9. The third kappa shape index (κ3) is 5.26. The monoisotopic (exact) mass is 496 g/mol. The number of amides is 1. The topological polar surface area (TPSA) is 95.5 Å². The van der Waals surface area contributed by atoms with E-state index in [4.69, 9.17) is 4.74 Å². The average Bonchev–Trinajstić information content (AvgIpc) is 3.28. The van der Waals surface area contributed by atoms with Crippen LogP contribution in [0.5, 0.6) is 5.75 Å². The molecular formula is C28H37FN4O3. The standard InChI is InChI=1S/C28H37FN4O3/c1-17-13-18(10-12-30-17)26-21-14-19(8-9-24(21)32-33-26)27(34)31-20-5-4-11-28(35,15-20)16-22-23(29)6-3-7-25(22)36-2/h3,6-7,10,12-13,19-21,24,26,32-33,35H,4-5,8-9,11,14-16H2,1-2H3,(H,31,34)/t19?,20-,21?,24?,26?,28-/m1/s1. The Kier molecular flexibility index (Phi) is 7.28. The van der Waals surface area contributed by atoms with E-state index in [1.165, 1.54) is 18.7 Å². The molecule has 4 unspecified atom stereocenters. The summed E-state index contributed by atoms with van der Waals surface area (Å²) in [5.74, 6) is 0.420. The van der Waals surface area contributed by atoms with Crippen LogP contribution in [0.2, 0.25) is 0 Å². The number of nitrogens with zero attached hydrogens (tertiary/aromatic N) is 1. The summed E-state index contributed by atoms with van der Waals surface area (Å²) in [5.41, 5.74) is 8.39. The van der Waals surface area contributed by atoms with Gasteiger partial charge in [-0.15, -0.1) is 0 Å². The molecule has 36 heavy (non-hydrogen) atoms. The minimum Gasteiger partial charge on any atom is -0.496 e. The van der Waals surface area contributed by atoms with Gasteiger partial charge < -0.3 is 15.2 Å². The largest absolute Gasteiger partial charge is 0.496 e. The molecule has 5 rings (SSSR count). The van der Waals surface area contributed by atoms with E-state index in [0.717, 1.165) is 37.8 Å². The average molecular weight is 497 g/mol. The Hall–Kier alpha value is -2.55. The summed E-state index contributed by atoms with van der Waals surface area (Å²) in [6.07, 6.45) is 7.21. The van der Waals surface area contributed by atoms with Crippen LogP contribution in [0.3, 0.4) is 0 Å². The number of rotatable bonds is 6. The summed E-state index contributed by atoms with van der Waals surface area (Å²) in [5, 5.41) is 14.6. The summed E-state index contributed by atoms with van der Waals surface area (Å²) in [6, 6.07) is 9.26. The van der Waals surface area contributed by atoms with Crippen LogP contribution in [-0.2, 0) is 11.2 Å². The first-order chi connectivity index (χ1) is 17.3. The van der Waals surface area contributed by atoms with Gasteiger partial charge in [0, 0.05) is 41.9 Å². The zero-order valence-corrected chi connectivity index (χ0v) is 21.1. The van der Waals surface area contributed by atoms with Crippen molar-refractivity contribution in [1.82, 2.24) is 21.2 Å². The van der Waals surface area contributed by atoms with Gasteiger partial charge in [-0.25, -0.2) is 9.82 Å². The Morgan fingerprint density at radius 1 is 1.28 bits per heavy atom. The van der Waals surface area contributed by atoms with Crippen LogP contribution in [-0.4, -0.2) is 40.8 Å². The molecule has 2 aromatic rings. The highest BCUT2D eigenvalue weighted by molar-refractivity contribution is 5.79. The zero-order chi connectivity index (χ0) is 25.3. The van der Waals surface area contributed by atoms with E-state index in [9.17, 15) is 14.3 Å². The van der Waals surface area contributed by atoms with Crippen molar-refractivity contribution in [2.75, 3.05) is 7.11 Å². The number of aryl methyl sites for hydroxylation is 1. The number of carbonyl (C=O) groups excluding carboxylic acids is 1. The number of halogens is 1. The third-order valence-electron chi connectivity index (χ3n) is 8.37. The SMILES string of the molecule is COc1cccc(F)c1C[C@@]1(O)CCC[C@@H](NC(=O)C2CCC3NNC(c4ccnc(C)c4)C3C2)C1. The first-order valence-electron chi connectivity index (χ1n) is 13.1. The molecule has 1 amide bonds. The molecule has 1 aliphatic heterocycles. The fraction of sp³-hybridized carbons (Fsp3) is 0.571. The lowest BCUT2D eigenvalue weighted by atomic mass is 9.73.